The zero-order chi connectivity index (χ0) is 22.8. The lowest BCUT2D eigenvalue weighted by Gasteiger charge is -2.19. The Morgan fingerprint density at radius 3 is 2.73 bits per heavy atom. The number of nitrogens with zero attached hydrogens (tertiary/aromatic N) is 4. The number of thioether (sulfide) groups is 1. The molecule has 5 rings (SSSR count). The van der Waals surface area contributed by atoms with E-state index in [1.807, 2.05) is 6.07 Å². The normalized spacial score (nSPS) is 12.7. The van der Waals surface area contributed by atoms with E-state index in [4.69, 9.17) is 4.74 Å². The van der Waals surface area contributed by atoms with Crippen LogP contribution in [-0.4, -0.2) is 31.8 Å². The molecule has 1 aromatic carbocycles. The van der Waals surface area contributed by atoms with Crippen LogP contribution in [0.25, 0.3) is 11.3 Å². The molecular formula is C24H20FN5O2S. The van der Waals surface area contributed by atoms with Crippen LogP contribution in [-0.2, 0) is 13.5 Å². The zero-order valence-corrected chi connectivity index (χ0v) is 18.6. The first-order valence-electron chi connectivity index (χ1n) is 10.4. The molecule has 3 aromatic heterocycles. The number of aromatic nitrogens is 4. The van der Waals surface area contributed by atoms with E-state index in [2.05, 4.69) is 20.3 Å². The van der Waals surface area contributed by atoms with Gasteiger partial charge in [0.05, 0.1) is 22.3 Å². The minimum atomic E-state index is -0.298. The smallest absolute Gasteiger partial charge is 0.262 e. The van der Waals surface area contributed by atoms with E-state index in [0.717, 1.165) is 34.3 Å². The van der Waals surface area contributed by atoms with Crippen LogP contribution in [0.5, 0.6) is 11.5 Å². The van der Waals surface area contributed by atoms with Gasteiger partial charge in [0, 0.05) is 44.2 Å². The number of hydrogen-bond donors (Lipinski definition) is 1. The molecule has 4 heterocycles. The molecule has 9 heteroatoms. The Balaban J connectivity index is 1.36. The molecule has 33 heavy (non-hydrogen) atoms. The topological polar surface area (TPSA) is 81.9 Å². The first kappa shape index (κ1) is 21.1. The maximum absolute atomic E-state index is 13.1. The number of rotatable bonds is 5. The van der Waals surface area contributed by atoms with E-state index in [9.17, 15) is 9.18 Å². The van der Waals surface area contributed by atoms with Gasteiger partial charge in [-0.15, -0.1) is 11.8 Å². The Bertz CT molecular complexity index is 1360. The number of fused-ring (bicyclic) bond motifs is 1. The van der Waals surface area contributed by atoms with Crippen molar-refractivity contribution in [2.24, 2.45) is 7.05 Å². The van der Waals surface area contributed by atoms with Gasteiger partial charge in [0.1, 0.15) is 29.0 Å². The molecule has 0 saturated heterocycles. The first-order valence-corrected chi connectivity index (χ1v) is 11.4. The number of hydrogen-bond acceptors (Lipinski definition) is 7. The highest BCUT2D eigenvalue weighted by molar-refractivity contribution is 7.99. The SMILES string of the molecule is Cn1c(Cc2ccc(F)cc2)ncc(-c2ccc(Oc3ccnc4c3SCCN4)cn2)c1=O. The average molecular weight is 462 g/mol. The molecule has 0 amide bonds. The van der Waals surface area contributed by atoms with Gasteiger partial charge in [0.15, 0.2) is 0 Å². The average Bonchev–Trinajstić information content (AvgIpc) is 2.84. The van der Waals surface area contributed by atoms with E-state index in [0.29, 0.717) is 29.3 Å². The molecule has 1 aliphatic heterocycles. The van der Waals surface area contributed by atoms with Crippen molar-refractivity contribution in [2.45, 2.75) is 11.3 Å². The summed E-state index contributed by atoms with van der Waals surface area (Å²) in [6.07, 6.45) is 5.26. The largest absolute Gasteiger partial charge is 0.454 e. The van der Waals surface area contributed by atoms with Gasteiger partial charge in [-0.05, 0) is 29.8 Å². The van der Waals surface area contributed by atoms with Gasteiger partial charge in [-0.3, -0.25) is 14.3 Å². The van der Waals surface area contributed by atoms with Gasteiger partial charge in [0.2, 0.25) is 0 Å². The first-order chi connectivity index (χ1) is 16.1. The number of nitrogens with one attached hydrogen (secondary N) is 1. The number of ether oxygens (including phenoxy) is 1. The molecule has 7 nitrogen and oxygen atoms in total. The summed E-state index contributed by atoms with van der Waals surface area (Å²) in [7, 11) is 1.67. The van der Waals surface area contributed by atoms with Crippen molar-refractivity contribution in [3.63, 3.8) is 0 Å². The molecule has 0 fully saturated rings. The lowest BCUT2D eigenvalue weighted by molar-refractivity contribution is 0.468. The second kappa shape index (κ2) is 9.03. The maximum Gasteiger partial charge on any atom is 0.262 e. The molecule has 0 radical (unpaired) electrons. The summed E-state index contributed by atoms with van der Waals surface area (Å²) in [4.78, 5) is 27.1. The molecular weight excluding hydrogens is 441 g/mol. The molecule has 1 aliphatic rings. The van der Waals surface area contributed by atoms with Crippen molar-refractivity contribution in [2.75, 3.05) is 17.6 Å². The third kappa shape index (κ3) is 4.45. The summed E-state index contributed by atoms with van der Waals surface area (Å²) >= 11 is 1.70. The Kier molecular flexibility index (Phi) is 5.78. The Morgan fingerprint density at radius 2 is 1.94 bits per heavy atom. The van der Waals surface area contributed by atoms with Gasteiger partial charge in [0.25, 0.3) is 5.56 Å². The highest BCUT2D eigenvalue weighted by Crippen LogP contribution is 2.39. The molecule has 0 bridgehead atoms. The molecule has 0 unspecified atom stereocenters. The fraction of sp³-hybridized carbons (Fsp3) is 0.167. The number of pyridine rings is 2. The third-order valence-electron chi connectivity index (χ3n) is 5.29. The Labute approximate surface area is 193 Å². The Morgan fingerprint density at radius 1 is 1.09 bits per heavy atom. The van der Waals surface area contributed by atoms with Crippen LogP contribution < -0.4 is 15.6 Å². The van der Waals surface area contributed by atoms with E-state index >= 15 is 0 Å². The predicted molar refractivity (Wildman–Crippen MR) is 125 cm³/mol. The minimum absolute atomic E-state index is 0.200. The van der Waals surface area contributed by atoms with Crippen LogP contribution in [0.2, 0.25) is 0 Å². The summed E-state index contributed by atoms with van der Waals surface area (Å²) in [5.74, 6) is 3.34. The number of anilines is 1. The van der Waals surface area contributed by atoms with E-state index in [1.165, 1.54) is 22.9 Å². The van der Waals surface area contributed by atoms with Crippen molar-refractivity contribution in [1.29, 1.82) is 0 Å². The lowest BCUT2D eigenvalue weighted by Crippen LogP contribution is -2.24. The molecule has 0 aliphatic carbocycles. The minimum Gasteiger partial charge on any atom is -0.454 e. The van der Waals surface area contributed by atoms with Crippen LogP contribution in [0, 0.1) is 5.82 Å². The summed E-state index contributed by atoms with van der Waals surface area (Å²) in [6.45, 7) is 0.871. The zero-order valence-electron chi connectivity index (χ0n) is 17.8. The molecule has 166 valence electrons. The monoisotopic (exact) mass is 461 g/mol. The molecule has 4 aromatic rings. The predicted octanol–water partition coefficient (Wildman–Crippen LogP) is 4.28. The van der Waals surface area contributed by atoms with Crippen LogP contribution >= 0.6 is 11.8 Å². The number of benzene rings is 1. The quantitative estimate of drug-likeness (QED) is 0.475. The van der Waals surface area contributed by atoms with Crippen molar-refractivity contribution in [3.05, 3.63) is 88.6 Å². The van der Waals surface area contributed by atoms with Crippen molar-refractivity contribution >= 4 is 17.6 Å². The fourth-order valence-electron chi connectivity index (χ4n) is 3.53. The molecule has 0 atom stereocenters. The number of halogens is 1. The van der Waals surface area contributed by atoms with Crippen molar-refractivity contribution in [3.8, 4) is 22.8 Å². The van der Waals surface area contributed by atoms with Crippen LogP contribution in [0.1, 0.15) is 11.4 Å². The van der Waals surface area contributed by atoms with E-state index < -0.39 is 0 Å². The molecule has 0 spiro atoms. The fourth-order valence-corrected chi connectivity index (χ4v) is 4.45. The van der Waals surface area contributed by atoms with Gasteiger partial charge in [-0.1, -0.05) is 12.1 Å². The lowest BCUT2D eigenvalue weighted by atomic mass is 10.1. The van der Waals surface area contributed by atoms with Gasteiger partial charge < -0.3 is 10.1 Å². The van der Waals surface area contributed by atoms with Gasteiger partial charge in [-0.25, -0.2) is 14.4 Å². The van der Waals surface area contributed by atoms with Crippen LogP contribution in [0.4, 0.5) is 10.2 Å². The standard InChI is InChI=1S/C24H20FN5O2S/c1-30-21(12-15-2-4-16(25)5-3-15)29-14-18(24(30)31)19-7-6-17(13-28-19)32-20-8-9-26-23-22(20)33-11-10-27-23/h2-9,13-14H,10-12H2,1H3,(H,26,27). The summed E-state index contributed by atoms with van der Waals surface area (Å²) in [5.41, 5.74) is 1.58. The third-order valence-corrected chi connectivity index (χ3v) is 6.38. The van der Waals surface area contributed by atoms with Gasteiger partial charge in [-0.2, -0.15) is 0 Å². The summed E-state index contributed by atoms with van der Waals surface area (Å²) < 4.78 is 20.7. The second-order valence-electron chi connectivity index (χ2n) is 7.50. The van der Waals surface area contributed by atoms with Crippen molar-refractivity contribution < 1.29 is 9.13 Å². The van der Waals surface area contributed by atoms with E-state index in [-0.39, 0.29) is 11.4 Å². The van der Waals surface area contributed by atoms with Crippen LogP contribution in [0.15, 0.2) is 70.7 Å². The van der Waals surface area contributed by atoms with Gasteiger partial charge >= 0.3 is 0 Å². The highest BCUT2D eigenvalue weighted by Gasteiger charge is 2.17. The van der Waals surface area contributed by atoms with Crippen LogP contribution in [0.3, 0.4) is 0 Å². The molecule has 0 saturated carbocycles. The highest BCUT2D eigenvalue weighted by atomic mass is 32.2. The summed E-state index contributed by atoms with van der Waals surface area (Å²) in [5, 5.41) is 3.26. The Hall–Kier alpha value is -3.72. The maximum atomic E-state index is 13.1. The van der Waals surface area contributed by atoms with Crippen molar-refractivity contribution in [1.82, 2.24) is 19.5 Å². The molecule has 1 N–H and O–H groups in total. The second-order valence-corrected chi connectivity index (χ2v) is 8.60. The van der Waals surface area contributed by atoms with E-state index in [1.54, 1.807) is 55.5 Å². The summed E-state index contributed by atoms with van der Waals surface area (Å²) in [6, 6.07) is 11.5.